The molecule has 0 saturated carbocycles. The van der Waals surface area contributed by atoms with Crippen LogP contribution in [-0.2, 0) is 11.3 Å². The number of hydrogen-bond donors (Lipinski definition) is 1. The maximum atomic E-state index is 10.7. The van der Waals surface area contributed by atoms with Gasteiger partial charge in [0.2, 0.25) is 6.41 Å². The maximum Gasteiger partial charge on any atom is 0.213 e. The quantitative estimate of drug-likeness (QED) is 0.491. The van der Waals surface area contributed by atoms with Crippen molar-refractivity contribution >= 4 is 18.3 Å². The second-order valence-electron chi connectivity index (χ2n) is 4.75. The Balaban J connectivity index is 2.93. The zero-order valence-electron chi connectivity index (χ0n) is 12.2. The van der Waals surface area contributed by atoms with Gasteiger partial charge in [0, 0.05) is 31.6 Å². The lowest BCUT2D eigenvalue weighted by atomic mass is 10.2. The Labute approximate surface area is 120 Å². The zero-order valence-corrected chi connectivity index (χ0v) is 12.2. The summed E-state index contributed by atoms with van der Waals surface area (Å²) in [5, 5.41) is 0. The van der Waals surface area contributed by atoms with Crippen LogP contribution in [0.1, 0.15) is 19.4 Å². The molecule has 0 heterocycles. The first-order valence-electron chi connectivity index (χ1n) is 6.42. The van der Waals surface area contributed by atoms with E-state index in [-0.39, 0.29) is 0 Å². The van der Waals surface area contributed by atoms with Gasteiger partial charge in [0.25, 0.3) is 0 Å². The maximum absolute atomic E-state index is 10.7. The predicted molar refractivity (Wildman–Crippen MR) is 83.8 cm³/mol. The highest BCUT2D eigenvalue weighted by molar-refractivity contribution is 5.84. The van der Waals surface area contributed by atoms with Gasteiger partial charge in [-0.2, -0.15) is 0 Å². The molecule has 4 nitrogen and oxygen atoms in total. The average molecular weight is 271 g/mol. The summed E-state index contributed by atoms with van der Waals surface area (Å²) in [6.07, 6.45) is 6.20. The molecule has 0 bridgehead atoms. The highest BCUT2D eigenvalue weighted by atomic mass is 16.1. The van der Waals surface area contributed by atoms with Gasteiger partial charge < -0.3 is 10.6 Å². The van der Waals surface area contributed by atoms with Crippen LogP contribution in [0.2, 0.25) is 0 Å². The first kappa shape index (κ1) is 15.9. The van der Waals surface area contributed by atoms with Crippen molar-refractivity contribution in [1.29, 1.82) is 0 Å². The summed E-state index contributed by atoms with van der Waals surface area (Å²) in [6, 6.07) is 7.74. The van der Waals surface area contributed by atoms with Crippen LogP contribution in [0.4, 0.5) is 5.69 Å². The van der Waals surface area contributed by atoms with Gasteiger partial charge in [0.05, 0.1) is 5.69 Å². The van der Waals surface area contributed by atoms with E-state index >= 15 is 0 Å². The van der Waals surface area contributed by atoms with Crippen LogP contribution in [-0.4, -0.2) is 24.6 Å². The fourth-order valence-electron chi connectivity index (χ4n) is 1.57. The fourth-order valence-corrected chi connectivity index (χ4v) is 1.57. The summed E-state index contributed by atoms with van der Waals surface area (Å²) < 4.78 is 0. The number of rotatable bonds is 6. The van der Waals surface area contributed by atoms with Crippen LogP contribution < -0.4 is 5.73 Å². The summed E-state index contributed by atoms with van der Waals surface area (Å²) in [5.41, 5.74) is 9.48. The standard InChI is InChI=1S/C16H21N3O/c1-13(2)8-15(11-19(3)12-20)10-18-16-6-4-14(9-17)5-7-16/h4-8,10-12H,9,17H2,1-3H3/b15-11+,18-10?. The van der Waals surface area contributed by atoms with Gasteiger partial charge in [-0.3, -0.25) is 9.79 Å². The van der Waals surface area contributed by atoms with E-state index in [9.17, 15) is 4.79 Å². The topological polar surface area (TPSA) is 58.7 Å². The molecule has 0 aliphatic carbocycles. The highest BCUT2D eigenvalue weighted by Gasteiger charge is 1.94. The molecule has 0 atom stereocenters. The number of allylic oxidation sites excluding steroid dienone is 3. The van der Waals surface area contributed by atoms with Crippen molar-refractivity contribution in [3.05, 3.63) is 53.3 Å². The molecule has 0 radical (unpaired) electrons. The predicted octanol–water partition coefficient (Wildman–Crippen LogP) is 2.79. The highest BCUT2D eigenvalue weighted by Crippen LogP contribution is 2.13. The number of carbonyl (C=O) groups is 1. The molecule has 106 valence electrons. The van der Waals surface area contributed by atoms with Gasteiger partial charge in [-0.1, -0.05) is 23.8 Å². The summed E-state index contributed by atoms with van der Waals surface area (Å²) in [7, 11) is 1.69. The molecule has 0 aliphatic rings. The Kier molecular flexibility index (Phi) is 6.40. The van der Waals surface area contributed by atoms with Gasteiger partial charge >= 0.3 is 0 Å². The SMILES string of the molecule is CC(C)=C/C(C=Nc1ccc(CN)cc1)=C\N(C)C=O. The molecule has 0 aromatic heterocycles. The molecule has 0 saturated heterocycles. The van der Waals surface area contributed by atoms with Gasteiger partial charge in [0.1, 0.15) is 0 Å². The summed E-state index contributed by atoms with van der Waals surface area (Å²) >= 11 is 0. The molecule has 2 N–H and O–H groups in total. The van der Waals surface area contributed by atoms with Crippen LogP contribution in [0.15, 0.2) is 52.7 Å². The average Bonchev–Trinajstić information content (AvgIpc) is 2.44. The van der Waals surface area contributed by atoms with Crippen molar-refractivity contribution < 1.29 is 4.79 Å². The van der Waals surface area contributed by atoms with Crippen molar-refractivity contribution in [1.82, 2.24) is 4.90 Å². The van der Waals surface area contributed by atoms with E-state index in [4.69, 9.17) is 5.73 Å². The van der Waals surface area contributed by atoms with Gasteiger partial charge in [-0.05, 0) is 31.5 Å². The smallest absolute Gasteiger partial charge is 0.213 e. The number of hydrogen-bond acceptors (Lipinski definition) is 3. The molecular weight excluding hydrogens is 250 g/mol. The molecule has 0 aliphatic heterocycles. The lowest BCUT2D eigenvalue weighted by Crippen LogP contribution is -2.08. The molecule has 4 heteroatoms. The van der Waals surface area contributed by atoms with Crippen molar-refractivity contribution in [3.63, 3.8) is 0 Å². The van der Waals surface area contributed by atoms with Crippen molar-refractivity contribution in [3.8, 4) is 0 Å². The Morgan fingerprint density at radius 2 is 1.95 bits per heavy atom. The number of carbonyl (C=O) groups excluding carboxylic acids is 1. The first-order valence-corrected chi connectivity index (χ1v) is 6.42. The third kappa shape index (κ3) is 5.63. The normalized spacial score (nSPS) is 11.5. The number of aliphatic imine (C=N–C) groups is 1. The number of amides is 1. The van der Waals surface area contributed by atoms with E-state index in [1.165, 1.54) is 4.90 Å². The Hall–Kier alpha value is -2.20. The molecule has 1 aromatic rings. The van der Waals surface area contributed by atoms with E-state index in [1.807, 2.05) is 44.2 Å². The fraction of sp³-hybridized carbons (Fsp3) is 0.250. The molecule has 1 amide bonds. The number of nitrogens with zero attached hydrogens (tertiary/aromatic N) is 2. The Morgan fingerprint density at radius 1 is 1.30 bits per heavy atom. The number of benzene rings is 1. The number of nitrogens with two attached hydrogens (primary N) is 1. The van der Waals surface area contributed by atoms with E-state index in [0.717, 1.165) is 28.8 Å². The third-order valence-corrected chi connectivity index (χ3v) is 2.51. The third-order valence-electron chi connectivity index (χ3n) is 2.51. The van der Waals surface area contributed by atoms with Crippen LogP contribution in [0.25, 0.3) is 0 Å². The second-order valence-corrected chi connectivity index (χ2v) is 4.75. The van der Waals surface area contributed by atoms with Gasteiger partial charge in [-0.15, -0.1) is 0 Å². The molecular formula is C16H21N3O. The van der Waals surface area contributed by atoms with Crippen molar-refractivity contribution in [2.75, 3.05) is 7.05 Å². The van der Waals surface area contributed by atoms with Gasteiger partial charge in [-0.25, -0.2) is 0 Å². The minimum absolute atomic E-state index is 0.525. The van der Waals surface area contributed by atoms with Gasteiger partial charge in [0.15, 0.2) is 0 Å². The Morgan fingerprint density at radius 3 is 2.45 bits per heavy atom. The van der Waals surface area contributed by atoms with E-state index < -0.39 is 0 Å². The Bertz CT molecular complexity index is 523. The van der Waals surface area contributed by atoms with Crippen LogP contribution in [0, 0.1) is 0 Å². The first-order chi connectivity index (χ1) is 9.55. The second kappa shape index (κ2) is 8.07. The molecule has 1 aromatic carbocycles. The largest absolute Gasteiger partial charge is 0.326 e. The molecule has 0 spiro atoms. The molecule has 20 heavy (non-hydrogen) atoms. The lowest BCUT2D eigenvalue weighted by Gasteiger charge is -2.05. The zero-order chi connectivity index (χ0) is 15.0. The van der Waals surface area contributed by atoms with Crippen LogP contribution >= 0.6 is 0 Å². The lowest BCUT2D eigenvalue weighted by molar-refractivity contribution is -0.115. The summed E-state index contributed by atoms with van der Waals surface area (Å²) in [5.74, 6) is 0. The minimum atomic E-state index is 0.525. The van der Waals surface area contributed by atoms with Crippen molar-refractivity contribution in [2.24, 2.45) is 10.7 Å². The molecule has 0 fully saturated rings. The summed E-state index contributed by atoms with van der Waals surface area (Å²) in [6.45, 7) is 4.52. The molecule has 1 rings (SSSR count). The summed E-state index contributed by atoms with van der Waals surface area (Å²) in [4.78, 5) is 16.5. The molecule has 0 unspecified atom stereocenters. The van der Waals surface area contributed by atoms with Crippen LogP contribution in [0.5, 0.6) is 0 Å². The monoisotopic (exact) mass is 271 g/mol. The van der Waals surface area contributed by atoms with Crippen molar-refractivity contribution in [2.45, 2.75) is 20.4 Å². The van der Waals surface area contributed by atoms with E-state index in [2.05, 4.69) is 4.99 Å². The minimum Gasteiger partial charge on any atom is -0.326 e. The van der Waals surface area contributed by atoms with E-state index in [0.29, 0.717) is 6.54 Å². The van der Waals surface area contributed by atoms with Crippen LogP contribution in [0.3, 0.4) is 0 Å². The van der Waals surface area contributed by atoms with E-state index in [1.54, 1.807) is 19.5 Å².